The second-order valence-corrected chi connectivity index (χ2v) is 17.1. The molecule has 0 aromatic rings. The normalized spacial score (nSPS) is 20.1. The van der Waals surface area contributed by atoms with E-state index in [4.69, 9.17) is 0 Å². The van der Waals surface area contributed by atoms with Crippen molar-refractivity contribution >= 4 is 28.0 Å². The van der Waals surface area contributed by atoms with Crippen molar-refractivity contribution in [3.8, 4) is 0 Å². The molecule has 0 radical (unpaired) electrons. The van der Waals surface area contributed by atoms with E-state index in [1.165, 1.54) is 6.42 Å². The number of hydrogen-bond acceptors (Lipinski definition) is 0. The van der Waals surface area contributed by atoms with E-state index in [-0.39, 0.29) is 30.2 Å². The predicted octanol–water partition coefficient (Wildman–Crippen LogP) is 7.82. The van der Waals surface area contributed by atoms with Crippen molar-refractivity contribution in [3.05, 3.63) is 41.5 Å². The van der Waals surface area contributed by atoms with Crippen molar-refractivity contribution in [2.24, 2.45) is 16.7 Å². The quantitative estimate of drug-likeness (QED) is 0.381. The van der Waals surface area contributed by atoms with Crippen LogP contribution in [0.2, 0.25) is 0 Å². The summed E-state index contributed by atoms with van der Waals surface area (Å²) in [5, 5.41) is 0. The van der Waals surface area contributed by atoms with Gasteiger partial charge >= 0.3 is 158 Å². The molecule has 0 N–H and O–H groups in total. The average molecular weight is 477 g/mol. The largest absolute Gasteiger partial charge is 0.147 e. The second kappa shape index (κ2) is 9.19. The van der Waals surface area contributed by atoms with Crippen LogP contribution in [0, 0.1) is 16.7 Å². The molecule has 26 heavy (non-hydrogen) atoms. The van der Waals surface area contributed by atoms with Crippen molar-refractivity contribution in [3.63, 3.8) is 0 Å². The van der Waals surface area contributed by atoms with Crippen LogP contribution in [0.3, 0.4) is 0 Å². The fourth-order valence-electron chi connectivity index (χ4n) is 3.73. The molecule has 0 amide bonds. The van der Waals surface area contributed by atoms with Gasteiger partial charge in [0.05, 0.1) is 0 Å². The Hall–Kier alpha value is 0.293. The van der Waals surface area contributed by atoms with Crippen molar-refractivity contribution in [1.82, 2.24) is 0 Å². The van der Waals surface area contributed by atoms with Gasteiger partial charge in [-0.2, -0.15) is 0 Å². The fourth-order valence-corrected chi connectivity index (χ4v) is 11.6. The minimum Gasteiger partial charge on any atom is -0.147 e. The number of rotatable bonds is 2. The molecule has 0 heterocycles. The zero-order valence-electron chi connectivity index (χ0n) is 18.3. The van der Waals surface area contributed by atoms with Crippen molar-refractivity contribution in [2.45, 2.75) is 75.7 Å². The molecule has 0 bridgehead atoms. The maximum absolute atomic E-state index is 2.59. The predicted molar refractivity (Wildman–Crippen MR) is 120 cm³/mol. The van der Waals surface area contributed by atoms with E-state index >= 15 is 0 Å². The minimum atomic E-state index is -1.90. The van der Waals surface area contributed by atoms with E-state index in [1.807, 2.05) is 3.28 Å². The average Bonchev–Trinajstić information content (AvgIpc) is 2.94. The zero-order valence-corrected chi connectivity index (χ0v) is 22.4. The molecule has 2 aliphatic carbocycles. The summed E-state index contributed by atoms with van der Waals surface area (Å²) in [4.78, 5) is 0. The molecule has 0 fully saturated rings. The van der Waals surface area contributed by atoms with Gasteiger partial charge in [-0.05, 0) is 0 Å². The molecular formula is C23H38Cl2Zr. The Balaban J connectivity index is 0.00000312. The molecule has 3 heteroatoms. The van der Waals surface area contributed by atoms with Gasteiger partial charge in [-0.3, -0.25) is 0 Å². The van der Waals surface area contributed by atoms with Gasteiger partial charge in [0.25, 0.3) is 0 Å². The van der Waals surface area contributed by atoms with E-state index in [1.54, 1.807) is 23.2 Å². The van der Waals surface area contributed by atoms with E-state index in [0.717, 1.165) is 0 Å². The molecule has 148 valence electrons. The van der Waals surface area contributed by atoms with Crippen LogP contribution in [0.4, 0.5) is 0 Å². The summed E-state index contributed by atoms with van der Waals surface area (Å²) >= 11 is -1.90. The van der Waals surface area contributed by atoms with Gasteiger partial charge in [0.2, 0.25) is 0 Å². The molecule has 0 aromatic heterocycles. The van der Waals surface area contributed by atoms with Gasteiger partial charge in [0.1, 0.15) is 0 Å². The van der Waals surface area contributed by atoms with Crippen molar-refractivity contribution < 1.29 is 21.3 Å². The number of halogens is 2. The smallest absolute Gasteiger partial charge is 0.147 e. The Kier molecular flexibility index (Phi) is 9.30. The summed E-state index contributed by atoms with van der Waals surface area (Å²) in [6.07, 6.45) is 8.84. The molecule has 0 saturated heterocycles. The van der Waals surface area contributed by atoms with Crippen LogP contribution >= 0.6 is 24.8 Å². The number of allylic oxidation sites excluding steroid dienone is 8. The van der Waals surface area contributed by atoms with Crippen LogP contribution in [0.15, 0.2) is 41.5 Å². The molecule has 2 rings (SSSR count). The molecule has 1 atom stereocenters. The second-order valence-electron chi connectivity index (χ2n) is 9.89. The Labute approximate surface area is 182 Å². The first-order chi connectivity index (χ1) is 10.8. The third-order valence-corrected chi connectivity index (χ3v) is 13.6. The van der Waals surface area contributed by atoms with Gasteiger partial charge in [0, 0.05) is 0 Å². The van der Waals surface area contributed by atoms with Crippen LogP contribution in [0.25, 0.3) is 0 Å². The van der Waals surface area contributed by atoms with Gasteiger partial charge in [-0.15, -0.1) is 24.8 Å². The maximum atomic E-state index is 2.59. The van der Waals surface area contributed by atoms with Crippen LogP contribution in [0.5, 0.6) is 0 Å². The Morgan fingerprint density at radius 1 is 0.962 bits per heavy atom. The maximum Gasteiger partial charge on any atom is -0.147 e. The van der Waals surface area contributed by atoms with E-state index in [9.17, 15) is 0 Å². The van der Waals surface area contributed by atoms with Crippen LogP contribution < -0.4 is 0 Å². The summed E-state index contributed by atoms with van der Waals surface area (Å²) in [6.45, 7) is 23.7. The Morgan fingerprint density at radius 3 is 1.85 bits per heavy atom. The first-order valence-corrected chi connectivity index (χ1v) is 13.0. The van der Waals surface area contributed by atoms with E-state index in [2.05, 4.69) is 87.5 Å². The summed E-state index contributed by atoms with van der Waals surface area (Å²) in [5.74, 6) is 0.627. The minimum absolute atomic E-state index is 0. The van der Waals surface area contributed by atoms with E-state index < -0.39 is 21.3 Å². The first kappa shape index (κ1) is 26.3. The summed E-state index contributed by atoms with van der Waals surface area (Å²) in [6, 6.07) is 0. The van der Waals surface area contributed by atoms with Crippen molar-refractivity contribution in [1.29, 1.82) is 0 Å². The molecule has 0 aromatic carbocycles. The topological polar surface area (TPSA) is 0 Å². The van der Waals surface area contributed by atoms with Crippen LogP contribution in [0.1, 0.15) is 75.7 Å². The molecule has 1 unspecified atom stereocenters. The molecule has 0 saturated carbocycles. The third kappa shape index (κ3) is 5.65. The molecule has 2 aliphatic rings. The van der Waals surface area contributed by atoms with Gasteiger partial charge in [-0.25, -0.2) is 0 Å². The van der Waals surface area contributed by atoms with E-state index in [0.29, 0.717) is 11.3 Å². The fraction of sp³-hybridized carbons (Fsp3) is 0.609. The zero-order chi connectivity index (χ0) is 18.4. The molecule has 0 aliphatic heterocycles. The van der Waals surface area contributed by atoms with Crippen LogP contribution in [-0.4, -0.2) is 3.21 Å². The Morgan fingerprint density at radius 2 is 1.50 bits per heavy atom. The summed E-state index contributed by atoms with van der Waals surface area (Å²) in [7, 11) is 0. The summed E-state index contributed by atoms with van der Waals surface area (Å²) in [5.41, 5.74) is 5.31. The molecule has 0 spiro atoms. The van der Waals surface area contributed by atoms with Crippen molar-refractivity contribution in [2.75, 3.05) is 0 Å². The van der Waals surface area contributed by atoms with Crippen LogP contribution in [-0.2, 0) is 21.3 Å². The van der Waals surface area contributed by atoms with Gasteiger partial charge < -0.3 is 0 Å². The third-order valence-electron chi connectivity index (χ3n) is 5.38. The molecule has 0 nitrogen and oxygen atoms in total. The van der Waals surface area contributed by atoms with Gasteiger partial charge in [-0.1, -0.05) is 0 Å². The molecular weight excluding hydrogens is 438 g/mol. The summed E-state index contributed by atoms with van der Waals surface area (Å²) < 4.78 is 5.33. The monoisotopic (exact) mass is 474 g/mol. The SMILES string of the molecule is CC1=[C]([Zr]([C]2=CC(C(C)(C)C)=CC2C)=[C](C)C)CC(C(C)(C)C)=C1.Cl.Cl. The standard InChI is InChI=1S/2C10H15.C3H6.2ClH.Zr/c2*1-8-5-6-9(7-8)10(2,3)4;1-3-2;;;/h7H,6H2,1-4H3;6-8H,1-4H3;1-2H3;2*1H;. The Bertz CT molecular complexity index is 697. The number of hydrogen-bond donors (Lipinski definition) is 0. The first-order valence-electron chi connectivity index (χ1n) is 9.35. The van der Waals surface area contributed by atoms with Gasteiger partial charge in [0.15, 0.2) is 0 Å².